The van der Waals surface area contributed by atoms with Crippen molar-refractivity contribution in [3.05, 3.63) is 58.3 Å². The zero-order chi connectivity index (χ0) is 21.6. The zero-order valence-corrected chi connectivity index (χ0v) is 19.1. The third-order valence-corrected chi connectivity index (χ3v) is 7.23. The van der Waals surface area contributed by atoms with E-state index < -0.39 is 0 Å². The van der Waals surface area contributed by atoms with E-state index in [4.69, 9.17) is 0 Å². The average molecular weight is 460 g/mol. The number of thiophene rings is 1. The van der Waals surface area contributed by atoms with Crippen molar-refractivity contribution in [2.45, 2.75) is 43.9 Å². The summed E-state index contributed by atoms with van der Waals surface area (Å²) < 4.78 is 15.5. The van der Waals surface area contributed by atoms with Gasteiger partial charge in [0.15, 0.2) is 11.0 Å². The lowest BCUT2D eigenvalue weighted by atomic mass is 10.1. The maximum absolute atomic E-state index is 13.5. The first-order valence-corrected chi connectivity index (χ1v) is 12.4. The molecule has 1 aliphatic rings. The van der Waals surface area contributed by atoms with Gasteiger partial charge >= 0.3 is 0 Å². The number of hydrogen-bond acceptors (Lipinski definition) is 6. The first kappa shape index (κ1) is 22.0. The van der Waals surface area contributed by atoms with Crippen molar-refractivity contribution in [2.24, 2.45) is 0 Å². The number of amides is 1. The van der Waals surface area contributed by atoms with Crippen molar-refractivity contribution in [2.75, 3.05) is 18.8 Å². The van der Waals surface area contributed by atoms with Crippen molar-refractivity contribution < 1.29 is 9.18 Å². The Hall–Kier alpha value is -2.23. The zero-order valence-electron chi connectivity index (χ0n) is 17.5. The predicted octanol–water partition coefficient (Wildman–Crippen LogP) is 4.42. The summed E-state index contributed by atoms with van der Waals surface area (Å²) >= 11 is 2.96. The lowest BCUT2D eigenvalue weighted by molar-refractivity contribution is -0.118. The van der Waals surface area contributed by atoms with Gasteiger partial charge in [-0.3, -0.25) is 14.3 Å². The summed E-state index contributed by atoms with van der Waals surface area (Å²) in [6, 6.07) is 10.4. The van der Waals surface area contributed by atoms with Gasteiger partial charge in [0.25, 0.3) is 0 Å². The Balaban J connectivity index is 1.51. The molecule has 0 aliphatic carbocycles. The van der Waals surface area contributed by atoms with E-state index in [1.54, 1.807) is 23.5 Å². The lowest BCUT2D eigenvalue weighted by Crippen LogP contribution is -2.33. The van der Waals surface area contributed by atoms with Crippen LogP contribution in [0.4, 0.5) is 4.39 Å². The summed E-state index contributed by atoms with van der Waals surface area (Å²) in [6.45, 7) is 4.73. The van der Waals surface area contributed by atoms with Gasteiger partial charge in [-0.1, -0.05) is 24.2 Å². The Labute approximate surface area is 189 Å². The first-order chi connectivity index (χ1) is 15.1. The van der Waals surface area contributed by atoms with E-state index in [0.717, 1.165) is 29.5 Å². The number of rotatable bonds is 8. The maximum atomic E-state index is 13.5. The number of carbonyl (C=O) groups excluding carboxylic acids is 1. The van der Waals surface area contributed by atoms with Crippen LogP contribution in [-0.4, -0.2) is 44.4 Å². The van der Waals surface area contributed by atoms with Gasteiger partial charge in [0.05, 0.1) is 18.3 Å². The third kappa shape index (κ3) is 5.53. The normalized spacial score (nSPS) is 15.7. The van der Waals surface area contributed by atoms with Crippen molar-refractivity contribution in [1.82, 2.24) is 25.0 Å². The van der Waals surface area contributed by atoms with Crippen molar-refractivity contribution in [1.29, 1.82) is 0 Å². The maximum Gasteiger partial charge on any atom is 0.230 e. The third-order valence-electron chi connectivity index (χ3n) is 5.43. The summed E-state index contributed by atoms with van der Waals surface area (Å²) in [4.78, 5) is 15.9. The van der Waals surface area contributed by atoms with Crippen molar-refractivity contribution in [3.63, 3.8) is 0 Å². The van der Waals surface area contributed by atoms with Crippen LogP contribution in [-0.2, 0) is 11.3 Å². The van der Waals surface area contributed by atoms with Gasteiger partial charge in [0, 0.05) is 10.6 Å². The summed E-state index contributed by atoms with van der Waals surface area (Å²) in [6.07, 6.45) is 3.62. The van der Waals surface area contributed by atoms with E-state index in [0.29, 0.717) is 11.7 Å². The second-order valence-electron chi connectivity index (χ2n) is 7.57. The molecule has 3 heterocycles. The molecular formula is C22H26FN5OS2. The molecule has 1 aliphatic heterocycles. The highest BCUT2D eigenvalue weighted by Crippen LogP contribution is 2.29. The summed E-state index contributed by atoms with van der Waals surface area (Å²) in [5, 5.41) is 14.4. The number of hydrogen-bond donors (Lipinski definition) is 1. The summed E-state index contributed by atoms with van der Waals surface area (Å²) in [5.74, 6) is 0.709. The highest BCUT2D eigenvalue weighted by Gasteiger charge is 2.25. The number of likely N-dealkylation sites (tertiary alicyclic amines) is 1. The monoisotopic (exact) mass is 459 g/mol. The Morgan fingerprint density at radius 3 is 2.68 bits per heavy atom. The number of aromatic nitrogens is 3. The van der Waals surface area contributed by atoms with Crippen LogP contribution < -0.4 is 5.32 Å². The molecule has 1 amide bonds. The van der Waals surface area contributed by atoms with E-state index in [2.05, 4.69) is 27.3 Å². The highest BCUT2D eigenvalue weighted by molar-refractivity contribution is 7.99. The molecule has 2 aromatic heterocycles. The molecule has 9 heteroatoms. The number of halogens is 1. The molecule has 1 aromatic carbocycles. The van der Waals surface area contributed by atoms with E-state index in [1.165, 1.54) is 43.2 Å². The molecule has 31 heavy (non-hydrogen) atoms. The highest BCUT2D eigenvalue weighted by atomic mass is 32.2. The minimum Gasteiger partial charge on any atom is -0.350 e. The van der Waals surface area contributed by atoms with Gasteiger partial charge < -0.3 is 5.32 Å². The quantitative estimate of drug-likeness (QED) is 0.505. The molecule has 0 spiro atoms. The molecule has 0 radical (unpaired) electrons. The number of nitrogens with one attached hydrogen (secondary N) is 1. The average Bonchev–Trinajstić information content (AvgIpc) is 3.47. The molecular weight excluding hydrogens is 433 g/mol. The van der Waals surface area contributed by atoms with Crippen LogP contribution >= 0.6 is 23.1 Å². The Morgan fingerprint density at radius 1 is 1.19 bits per heavy atom. The predicted molar refractivity (Wildman–Crippen MR) is 122 cm³/mol. The molecule has 1 N–H and O–H groups in total. The standard InChI is InChI=1S/C22H26FN5OS2/c1-16(27-11-3-2-4-12-27)21-25-26-22(28(21)18-9-7-17(23)8-10-18)31-15-20(29)24-14-19-6-5-13-30-19/h5-10,13,16H,2-4,11-12,14-15H2,1H3,(H,24,29). The fourth-order valence-corrected chi connectivity index (χ4v) is 5.16. The summed E-state index contributed by atoms with van der Waals surface area (Å²) in [7, 11) is 0. The Kier molecular flexibility index (Phi) is 7.37. The van der Waals surface area contributed by atoms with Crippen LogP contribution in [0.1, 0.15) is 42.9 Å². The number of piperidine rings is 1. The molecule has 1 unspecified atom stereocenters. The van der Waals surface area contributed by atoms with Gasteiger partial charge in [-0.05, 0) is 68.6 Å². The molecule has 0 bridgehead atoms. The van der Waals surface area contributed by atoms with E-state index in [9.17, 15) is 9.18 Å². The van der Waals surface area contributed by atoms with E-state index in [1.807, 2.05) is 22.1 Å². The Bertz CT molecular complexity index is 984. The summed E-state index contributed by atoms with van der Waals surface area (Å²) in [5.41, 5.74) is 0.798. The fraction of sp³-hybridized carbons (Fsp3) is 0.409. The van der Waals surface area contributed by atoms with E-state index >= 15 is 0 Å². The molecule has 1 atom stereocenters. The smallest absolute Gasteiger partial charge is 0.230 e. The number of benzene rings is 1. The molecule has 0 saturated carbocycles. The molecule has 6 nitrogen and oxygen atoms in total. The molecule has 164 valence electrons. The second kappa shape index (κ2) is 10.4. The number of carbonyl (C=O) groups is 1. The molecule has 1 fully saturated rings. The van der Waals surface area contributed by atoms with E-state index in [-0.39, 0.29) is 23.5 Å². The largest absolute Gasteiger partial charge is 0.350 e. The van der Waals surface area contributed by atoms with Crippen LogP contribution in [0, 0.1) is 5.82 Å². The van der Waals surface area contributed by atoms with Crippen molar-refractivity contribution in [3.8, 4) is 5.69 Å². The van der Waals surface area contributed by atoms with Crippen LogP contribution in [0.3, 0.4) is 0 Å². The topological polar surface area (TPSA) is 63.1 Å². The minimum absolute atomic E-state index is 0.0577. The molecule has 1 saturated heterocycles. The SMILES string of the molecule is CC(c1nnc(SCC(=O)NCc2cccs2)n1-c1ccc(F)cc1)N1CCCCC1. The van der Waals surface area contributed by atoms with Crippen molar-refractivity contribution >= 4 is 29.0 Å². The van der Waals surface area contributed by atoms with Gasteiger partial charge in [-0.2, -0.15) is 0 Å². The van der Waals surface area contributed by atoms with Crippen LogP contribution in [0.15, 0.2) is 46.9 Å². The second-order valence-corrected chi connectivity index (χ2v) is 9.54. The Morgan fingerprint density at radius 2 is 1.97 bits per heavy atom. The minimum atomic E-state index is -0.287. The van der Waals surface area contributed by atoms with Gasteiger partial charge in [0.2, 0.25) is 5.91 Å². The molecule has 4 rings (SSSR count). The lowest BCUT2D eigenvalue weighted by Gasteiger charge is -2.31. The van der Waals surface area contributed by atoms with Gasteiger partial charge in [0.1, 0.15) is 5.82 Å². The number of thioether (sulfide) groups is 1. The first-order valence-electron chi connectivity index (χ1n) is 10.5. The number of nitrogens with zero attached hydrogens (tertiary/aromatic N) is 4. The molecule has 3 aromatic rings. The van der Waals surface area contributed by atoms with Crippen LogP contribution in [0.25, 0.3) is 5.69 Å². The van der Waals surface area contributed by atoms with Crippen LogP contribution in [0.2, 0.25) is 0 Å². The van der Waals surface area contributed by atoms with Crippen LogP contribution in [0.5, 0.6) is 0 Å². The fourth-order valence-electron chi connectivity index (χ4n) is 3.73. The van der Waals surface area contributed by atoms with Gasteiger partial charge in [-0.25, -0.2) is 4.39 Å². The van der Waals surface area contributed by atoms with Gasteiger partial charge in [-0.15, -0.1) is 21.5 Å².